The van der Waals surface area contributed by atoms with E-state index in [1.165, 1.54) is 23.8 Å². The van der Waals surface area contributed by atoms with Crippen molar-refractivity contribution in [3.05, 3.63) is 77.2 Å². The summed E-state index contributed by atoms with van der Waals surface area (Å²) in [5, 5.41) is 0.0964. The minimum atomic E-state index is -0.941. The number of aromatic nitrogens is 2. The normalized spacial score (nSPS) is 16.2. The first-order chi connectivity index (χ1) is 14.7. The zero-order valence-electron chi connectivity index (χ0n) is 16.3. The molecule has 3 aromatic rings. The van der Waals surface area contributed by atoms with Gasteiger partial charge in [0.05, 0.1) is 40.7 Å². The molecule has 10 heteroatoms. The number of carbonyl (C=O) groups excluding carboxylic acids is 2. The third-order valence-corrected chi connectivity index (χ3v) is 6.32. The van der Waals surface area contributed by atoms with Crippen LogP contribution in [0.15, 0.2) is 44.4 Å². The molecular weight excluding hydrogens is 490 g/mol. The van der Waals surface area contributed by atoms with Crippen LogP contribution in [-0.2, 0) is 16.0 Å². The lowest BCUT2D eigenvalue weighted by molar-refractivity contribution is -0.120. The number of halogens is 2. The van der Waals surface area contributed by atoms with Crippen LogP contribution < -0.4 is 16.9 Å². The van der Waals surface area contributed by atoms with Gasteiger partial charge < -0.3 is 15.5 Å². The number of H-pyrrole nitrogens is 1. The summed E-state index contributed by atoms with van der Waals surface area (Å²) in [6, 6.07) is 7.37. The van der Waals surface area contributed by atoms with Gasteiger partial charge in [-0.05, 0) is 48.2 Å². The summed E-state index contributed by atoms with van der Waals surface area (Å²) in [6.07, 6.45) is 0.982. The maximum Gasteiger partial charge on any atom is 0.339 e. The van der Waals surface area contributed by atoms with Gasteiger partial charge in [0.25, 0.3) is 0 Å². The molecule has 1 amide bonds. The number of nitrogens with two attached hydrogens (primary N) is 1. The molecule has 1 aliphatic rings. The number of nitrogens with one attached hydrogen (secondary N) is 1. The van der Waals surface area contributed by atoms with Crippen LogP contribution in [0.4, 0.5) is 0 Å². The summed E-state index contributed by atoms with van der Waals surface area (Å²) in [5.74, 6) is -2.23. The fourth-order valence-electron chi connectivity index (χ4n) is 4.25. The number of primary amides is 1. The van der Waals surface area contributed by atoms with Gasteiger partial charge in [0.1, 0.15) is 0 Å². The van der Waals surface area contributed by atoms with Crippen LogP contribution >= 0.6 is 27.5 Å². The van der Waals surface area contributed by atoms with E-state index in [1.807, 2.05) is 6.07 Å². The molecule has 1 aliphatic heterocycles. The Bertz CT molecular complexity index is 1360. The van der Waals surface area contributed by atoms with Gasteiger partial charge in [-0.25, -0.2) is 4.79 Å². The number of esters is 1. The fourth-order valence-corrected chi connectivity index (χ4v) is 5.03. The predicted octanol–water partition coefficient (Wildman–Crippen LogP) is 2.65. The Morgan fingerprint density at radius 2 is 2.03 bits per heavy atom. The first kappa shape index (κ1) is 21.3. The molecule has 1 aromatic heterocycles. The van der Waals surface area contributed by atoms with E-state index in [4.69, 9.17) is 22.1 Å². The van der Waals surface area contributed by atoms with Gasteiger partial charge in [-0.3, -0.25) is 19.0 Å². The van der Waals surface area contributed by atoms with Gasteiger partial charge >= 0.3 is 17.1 Å². The van der Waals surface area contributed by atoms with Crippen LogP contribution in [0.5, 0.6) is 0 Å². The Morgan fingerprint density at radius 1 is 1.29 bits per heavy atom. The number of aryl methyl sites for hydroxylation is 1. The van der Waals surface area contributed by atoms with Gasteiger partial charge in [0.2, 0.25) is 5.91 Å². The van der Waals surface area contributed by atoms with Crippen molar-refractivity contribution >= 4 is 50.4 Å². The standard InChI is InChI=1S/C21H17BrClN3O5/c1-31-21(30)12-4-2-9(7-13(12)23)16(18(24)27)15-5-3-10-6-11(22)8-14-17(10)26(15)20(29)19(28)25-14/h2,4,6-8,15-16H,3,5H2,1H3,(H2,24,27)(H,25,28). The van der Waals surface area contributed by atoms with Crippen molar-refractivity contribution in [1.82, 2.24) is 9.55 Å². The SMILES string of the molecule is COC(=O)c1ccc(C(C(N)=O)C2CCc3cc(Br)cc4[nH]c(=O)c(=O)n2c34)cc1Cl. The summed E-state index contributed by atoms with van der Waals surface area (Å²) in [7, 11) is 1.24. The van der Waals surface area contributed by atoms with Gasteiger partial charge in [-0.15, -0.1) is 0 Å². The second-order valence-electron chi connectivity index (χ2n) is 7.31. The first-order valence-electron chi connectivity index (χ1n) is 9.37. The molecule has 3 N–H and O–H groups in total. The first-order valence-corrected chi connectivity index (χ1v) is 10.5. The van der Waals surface area contributed by atoms with Crippen LogP contribution in [0.1, 0.15) is 39.9 Å². The number of amides is 1. The summed E-state index contributed by atoms with van der Waals surface area (Å²) < 4.78 is 6.82. The van der Waals surface area contributed by atoms with Crippen LogP contribution in [0.2, 0.25) is 5.02 Å². The highest BCUT2D eigenvalue weighted by molar-refractivity contribution is 9.10. The summed E-state index contributed by atoms with van der Waals surface area (Å²) in [6.45, 7) is 0. The summed E-state index contributed by atoms with van der Waals surface area (Å²) >= 11 is 9.66. The average Bonchev–Trinajstić information content (AvgIpc) is 2.71. The number of carbonyl (C=O) groups is 2. The highest BCUT2D eigenvalue weighted by Crippen LogP contribution is 2.39. The number of benzene rings is 2. The van der Waals surface area contributed by atoms with Crippen LogP contribution in [0.25, 0.3) is 11.0 Å². The second-order valence-corrected chi connectivity index (χ2v) is 8.63. The number of rotatable bonds is 4. The zero-order valence-corrected chi connectivity index (χ0v) is 18.6. The molecule has 8 nitrogen and oxygen atoms in total. The smallest absolute Gasteiger partial charge is 0.339 e. The zero-order chi connectivity index (χ0) is 22.4. The Hall–Kier alpha value is -2.91. The lowest BCUT2D eigenvalue weighted by atomic mass is 9.84. The highest BCUT2D eigenvalue weighted by Gasteiger charge is 2.35. The monoisotopic (exact) mass is 505 g/mol. The second kappa shape index (κ2) is 7.97. The number of nitrogens with zero attached hydrogens (tertiary/aromatic N) is 1. The topological polar surface area (TPSA) is 124 Å². The number of ether oxygens (including phenoxy) is 1. The van der Waals surface area contributed by atoms with Crippen molar-refractivity contribution in [2.24, 2.45) is 5.73 Å². The quantitative estimate of drug-likeness (QED) is 0.416. The Kier molecular flexibility index (Phi) is 5.49. The Labute approximate surface area is 189 Å². The Morgan fingerprint density at radius 3 is 2.68 bits per heavy atom. The van der Waals surface area contributed by atoms with E-state index in [2.05, 4.69) is 20.9 Å². The van der Waals surface area contributed by atoms with Gasteiger partial charge in [-0.1, -0.05) is 33.6 Å². The number of hydrogen-bond donors (Lipinski definition) is 2. The van der Waals surface area contributed by atoms with Gasteiger partial charge in [0.15, 0.2) is 0 Å². The number of aromatic amines is 1. The summed E-state index contributed by atoms with van der Waals surface area (Å²) in [5.41, 5.74) is 6.71. The molecule has 0 aliphatic carbocycles. The van der Waals surface area contributed by atoms with Gasteiger partial charge in [0, 0.05) is 4.47 Å². The van der Waals surface area contributed by atoms with E-state index >= 15 is 0 Å². The van der Waals surface area contributed by atoms with E-state index in [9.17, 15) is 19.2 Å². The average molecular weight is 507 g/mol. The van der Waals surface area contributed by atoms with Crippen molar-refractivity contribution in [2.45, 2.75) is 24.8 Å². The third kappa shape index (κ3) is 3.57. The number of hydrogen-bond acceptors (Lipinski definition) is 5. The molecule has 0 bridgehead atoms. The van der Waals surface area contributed by atoms with Crippen LogP contribution in [0, 0.1) is 0 Å². The summed E-state index contributed by atoms with van der Waals surface area (Å²) in [4.78, 5) is 52.2. The molecule has 0 saturated carbocycles. The van der Waals surface area contributed by atoms with E-state index < -0.39 is 35.0 Å². The van der Waals surface area contributed by atoms with E-state index in [0.717, 1.165) is 10.0 Å². The molecular formula is C21H17BrClN3O5. The molecule has 0 fully saturated rings. The van der Waals surface area contributed by atoms with Crippen LogP contribution in [-0.4, -0.2) is 28.5 Å². The lowest BCUT2D eigenvalue weighted by Gasteiger charge is -2.32. The molecule has 0 saturated heterocycles. The number of methoxy groups -OCH3 is 1. The predicted molar refractivity (Wildman–Crippen MR) is 119 cm³/mol. The van der Waals surface area contributed by atoms with Crippen molar-refractivity contribution in [3.63, 3.8) is 0 Å². The lowest BCUT2D eigenvalue weighted by Crippen LogP contribution is -2.43. The third-order valence-electron chi connectivity index (χ3n) is 5.55. The molecule has 0 spiro atoms. The molecule has 0 radical (unpaired) electrons. The largest absolute Gasteiger partial charge is 0.465 e. The molecule has 160 valence electrons. The van der Waals surface area contributed by atoms with Gasteiger partial charge in [-0.2, -0.15) is 0 Å². The molecule has 2 heterocycles. The molecule has 2 atom stereocenters. The molecule has 4 rings (SSSR count). The minimum absolute atomic E-state index is 0.0964. The van der Waals surface area contributed by atoms with Crippen molar-refractivity contribution in [1.29, 1.82) is 0 Å². The Balaban J connectivity index is 1.93. The highest BCUT2D eigenvalue weighted by atomic mass is 79.9. The minimum Gasteiger partial charge on any atom is -0.465 e. The maximum atomic E-state index is 12.9. The van der Waals surface area contributed by atoms with E-state index in [0.29, 0.717) is 29.4 Å². The van der Waals surface area contributed by atoms with E-state index in [-0.39, 0.29) is 10.6 Å². The van der Waals surface area contributed by atoms with Crippen molar-refractivity contribution in [3.8, 4) is 0 Å². The van der Waals surface area contributed by atoms with E-state index in [1.54, 1.807) is 12.1 Å². The van der Waals surface area contributed by atoms with Crippen molar-refractivity contribution < 1.29 is 14.3 Å². The van der Waals surface area contributed by atoms with Crippen LogP contribution in [0.3, 0.4) is 0 Å². The molecule has 31 heavy (non-hydrogen) atoms. The van der Waals surface area contributed by atoms with Crippen molar-refractivity contribution in [2.75, 3.05) is 7.11 Å². The molecule has 2 aromatic carbocycles. The maximum absolute atomic E-state index is 12.9. The molecule has 2 unspecified atom stereocenters. The fraction of sp³-hybridized carbons (Fsp3) is 0.238.